The molecule has 20 heavy (non-hydrogen) atoms. The minimum absolute atomic E-state index is 0.370. The Morgan fingerprint density at radius 3 is 2.75 bits per heavy atom. The molecule has 3 heterocycles. The van der Waals surface area contributed by atoms with E-state index in [1.54, 1.807) is 0 Å². The number of piperidine rings is 1. The zero-order valence-electron chi connectivity index (χ0n) is 11.4. The molecule has 4 nitrogen and oxygen atoms in total. The maximum atomic E-state index is 12.9. The number of nitrogens with zero attached hydrogens (tertiary/aromatic N) is 2. The smallest absolute Gasteiger partial charge is 0.145 e. The first kappa shape index (κ1) is 13.9. The van der Waals surface area contributed by atoms with E-state index in [9.17, 15) is 8.60 Å². The lowest BCUT2D eigenvalue weighted by molar-refractivity contribution is 0.113. The number of pyridine rings is 1. The highest BCUT2D eigenvalue weighted by atomic mass is 32.2. The van der Waals surface area contributed by atoms with Gasteiger partial charge in [0.2, 0.25) is 0 Å². The van der Waals surface area contributed by atoms with Gasteiger partial charge in [-0.2, -0.15) is 0 Å². The van der Waals surface area contributed by atoms with Gasteiger partial charge in [-0.25, -0.2) is 4.39 Å². The molecular formula is C14H19FN2O2S. The molecule has 0 aliphatic carbocycles. The first-order valence-electron chi connectivity index (χ1n) is 6.96. The van der Waals surface area contributed by atoms with Crippen molar-refractivity contribution in [3.63, 3.8) is 0 Å². The minimum atomic E-state index is -0.558. The summed E-state index contributed by atoms with van der Waals surface area (Å²) in [4.78, 5) is 6.11. The van der Waals surface area contributed by atoms with Crippen LogP contribution in [0.1, 0.15) is 12.8 Å². The molecule has 1 aromatic rings. The molecular weight excluding hydrogens is 279 g/mol. The van der Waals surface area contributed by atoms with Gasteiger partial charge >= 0.3 is 0 Å². The Labute approximate surface area is 120 Å². The van der Waals surface area contributed by atoms with Crippen LogP contribution in [0.15, 0.2) is 18.5 Å². The molecule has 0 unspecified atom stereocenters. The summed E-state index contributed by atoms with van der Waals surface area (Å²) >= 11 is 0. The topological polar surface area (TPSA) is 42.4 Å². The van der Waals surface area contributed by atoms with Crippen molar-refractivity contribution in [1.82, 2.24) is 9.88 Å². The number of ether oxygens (including phenoxy) is 1. The van der Waals surface area contributed by atoms with Crippen molar-refractivity contribution >= 4 is 10.8 Å². The molecule has 2 fully saturated rings. The van der Waals surface area contributed by atoms with Crippen LogP contribution >= 0.6 is 0 Å². The number of halogens is 1. The molecule has 0 aromatic carbocycles. The van der Waals surface area contributed by atoms with Crippen LogP contribution in [0.25, 0.3) is 0 Å². The van der Waals surface area contributed by atoms with Crippen LogP contribution in [0.5, 0.6) is 5.75 Å². The lowest BCUT2D eigenvalue weighted by atomic mass is 9.81. The Hall–Kier alpha value is -1.01. The van der Waals surface area contributed by atoms with Crippen molar-refractivity contribution in [3.8, 4) is 5.75 Å². The van der Waals surface area contributed by atoms with Gasteiger partial charge in [0, 0.05) is 34.9 Å². The van der Waals surface area contributed by atoms with E-state index >= 15 is 0 Å². The highest BCUT2D eigenvalue weighted by Crippen LogP contribution is 2.40. The second-order valence-electron chi connectivity index (χ2n) is 5.76. The molecule has 0 radical (unpaired) electrons. The van der Waals surface area contributed by atoms with E-state index in [0.29, 0.717) is 17.8 Å². The number of rotatable bonds is 4. The molecule has 6 heteroatoms. The standard InChI is InChI=1S/C14H19FN2O2S/c15-12-7-13(9-16-8-12)19-6-5-17-3-1-14(2-4-17)10-20(18)11-14/h7-9H,1-6,10-11H2. The first-order chi connectivity index (χ1) is 9.65. The zero-order chi connectivity index (χ0) is 14.0. The van der Waals surface area contributed by atoms with E-state index < -0.39 is 10.8 Å². The normalized spacial score (nSPS) is 22.6. The van der Waals surface area contributed by atoms with Gasteiger partial charge in [-0.3, -0.25) is 14.1 Å². The van der Waals surface area contributed by atoms with Crippen LogP contribution in [-0.2, 0) is 10.8 Å². The van der Waals surface area contributed by atoms with E-state index in [2.05, 4.69) is 9.88 Å². The summed E-state index contributed by atoms with van der Waals surface area (Å²) in [5, 5.41) is 0. The van der Waals surface area contributed by atoms with Crippen LogP contribution in [0.3, 0.4) is 0 Å². The Morgan fingerprint density at radius 1 is 1.35 bits per heavy atom. The Kier molecular flexibility index (Phi) is 4.03. The molecule has 110 valence electrons. The Bertz CT molecular complexity index is 494. The maximum absolute atomic E-state index is 12.9. The van der Waals surface area contributed by atoms with E-state index in [-0.39, 0.29) is 5.82 Å². The third-order valence-electron chi connectivity index (χ3n) is 4.21. The molecule has 2 aliphatic heterocycles. The molecule has 0 amide bonds. The average molecular weight is 298 g/mol. The van der Waals surface area contributed by atoms with Crippen molar-refractivity contribution in [2.24, 2.45) is 5.41 Å². The van der Waals surface area contributed by atoms with Crippen molar-refractivity contribution in [1.29, 1.82) is 0 Å². The molecule has 2 saturated heterocycles. The van der Waals surface area contributed by atoms with Crippen LogP contribution in [-0.4, -0.2) is 51.8 Å². The van der Waals surface area contributed by atoms with Crippen molar-refractivity contribution in [3.05, 3.63) is 24.3 Å². The van der Waals surface area contributed by atoms with Crippen molar-refractivity contribution in [2.75, 3.05) is 37.7 Å². The van der Waals surface area contributed by atoms with Gasteiger partial charge in [-0.15, -0.1) is 0 Å². The highest BCUT2D eigenvalue weighted by molar-refractivity contribution is 7.86. The van der Waals surface area contributed by atoms with Gasteiger partial charge in [-0.1, -0.05) is 0 Å². The third kappa shape index (κ3) is 3.17. The summed E-state index contributed by atoms with van der Waals surface area (Å²) < 4.78 is 29.7. The van der Waals surface area contributed by atoms with Gasteiger partial charge in [0.15, 0.2) is 0 Å². The fourth-order valence-electron chi connectivity index (χ4n) is 2.94. The van der Waals surface area contributed by atoms with E-state index in [1.165, 1.54) is 18.5 Å². The second-order valence-corrected chi connectivity index (χ2v) is 7.21. The molecule has 2 aliphatic rings. The predicted molar refractivity (Wildman–Crippen MR) is 75.7 cm³/mol. The first-order valence-corrected chi connectivity index (χ1v) is 8.45. The van der Waals surface area contributed by atoms with E-state index in [1.807, 2.05) is 0 Å². The molecule has 0 bridgehead atoms. The van der Waals surface area contributed by atoms with E-state index in [4.69, 9.17) is 4.74 Å². The van der Waals surface area contributed by atoms with Gasteiger partial charge in [0.1, 0.15) is 18.2 Å². The fraction of sp³-hybridized carbons (Fsp3) is 0.643. The molecule has 0 atom stereocenters. The fourth-order valence-corrected chi connectivity index (χ4v) is 4.80. The summed E-state index contributed by atoms with van der Waals surface area (Å²) in [7, 11) is -0.558. The van der Waals surface area contributed by atoms with Crippen molar-refractivity contribution in [2.45, 2.75) is 12.8 Å². The lowest BCUT2D eigenvalue weighted by Gasteiger charge is -2.46. The average Bonchev–Trinajstić information content (AvgIpc) is 2.40. The second kappa shape index (κ2) is 5.77. The number of likely N-dealkylation sites (tertiary alicyclic amines) is 1. The number of aromatic nitrogens is 1. The van der Waals surface area contributed by atoms with Gasteiger partial charge < -0.3 is 4.74 Å². The molecule has 1 spiro atoms. The Morgan fingerprint density at radius 2 is 2.10 bits per heavy atom. The van der Waals surface area contributed by atoms with Crippen LogP contribution in [0, 0.1) is 11.2 Å². The minimum Gasteiger partial charge on any atom is -0.491 e. The summed E-state index contributed by atoms with van der Waals surface area (Å²) in [5.74, 6) is 1.90. The quantitative estimate of drug-likeness (QED) is 0.844. The predicted octanol–water partition coefficient (Wildman–Crippen LogP) is 1.44. The summed E-state index contributed by atoms with van der Waals surface area (Å²) in [6, 6.07) is 1.35. The molecule has 0 N–H and O–H groups in total. The monoisotopic (exact) mass is 298 g/mol. The number of hydrogen-bond donors (Lipinski definition) is 0. The van der Waals surface area contributed by atoms with E-state index in [0.717, 1.165) is 44.0 Å². The molecule has 0 saturated carbocycles. The van der Waals surface area contributed by atoms with Gasteiger partial charge in [0.25, 0.3) is 0 Å². The SMILES string of the molecule is O=S1CC2(CCN(CCOc3cncc(F)c3)CC2)C1. The largest absolute Gasteiger partial charge is 0.491 e. The molecule has 3 rings (SSSR count). The summed E-state index contributed by atoms with van der Waals surface area (Å²) in [6.07, 6.45) is 4.97. The Balaban J connectivity index is 1.39. The third-order valence-corrected chi connectivity index (χ3v) is 6.08. The van der Waals surface area contributed by atoms with Crippen LogP contribution < -0.4 is 4.74 Å². The van der Waals surface area contributed by atoms with Crippen LogP contribution in [0.4, 0.5) is 4.39 Å². The van der Waals surface area contributed by atoms with Crippen LogP contribution in [0.2, 0.25) is 0 Å². The highest BCUT2D eigenvalue weighted by Gasteiger charge is 2.44. The molecule has 1 aromatic heterocycles. The van der Waals surface area contributed by atoms with Gasteiger partial charge in [-0.05, 0) is 31.3 Å². The summed E-state index contributed by atoms with van der Waals surface area (Å²) in [6.45, 7) is 3.48. The maximum Gasteiger partial charge on any atom is 0.145 e. The van der Waals surface area contributed by atoms with Gasteiger partial charge in [0.05, 0.1) is 12.4 Å². The zero-order valence-corrected chi connectivity index (χ0v) is 12.2. The summed E-state index contributed by atoms with van der Waals surface area (Å²) in [5.41, 5.74) is 0.370. The number of hydrogen-bond acceptors (Lipinski definition) is 4. The lowest BCUT2D eigenvalue weighted by Crippen LogP contribution is -2.52. The van der Waals surface area contributed by atoms with Crippen molar-refractivity contribution < 1.29 is 13.3 Å².